The predicted octanol–water partition coefficient (Wildman–Crippen LogP) is 2.15. The number of amides is 3. The van der Waals surface area contributed by atoms with E-state index in [4.69, 9.17) is 0 Å². The van der Waals surface area contributed by atoms with Crippen molar-refractivity contribution in [2.45, 2.75) is 39.2 Å². The first-order valence-electron chi connectivity index (χ1n) is 9.81. The normalized spacial score (nSPS) is 21.1. The van der Waals surface area contributed by atoms with Crippen molar-refractivity contribution in [1.29, 1.82) is 0 Å². The number of hydrogen-bond donors (Lipinski definition) is 0. The van der Waals surface area contributed by atoms with Crippen LogP contribution in [0, 0.1) is 11.7 Å². The number of carbonyl (C=O) groups excluding carboxylic acids is 3. The number of carbonyl (C=O) groups is 3. The lowest BCUT2D eigenvalue weighted by Crippen LogP contribution is -2.44. The van der Waals surface area contributed by atoms with Crippen molar-refractivity contribution < 1.29 is 18.8 Å². The molecular weight excluding hydrogens is 361 g/mol. The minimum Gasteiger partial charge on any atom is -0.341 e. The first-order valence-corrected chi connectivity index (χ1v) is 9.81. The zero-order valence-electron chi connectivity index (χ0n) is 16.8. The Bertz CT molecular complexity index is 757. The van der Waals surface area contributed by atoms with Crippen LogP contribution in [0.5, 0.6) is 0 Å². The Morgan fingerprint density at radius 3 is 2.21 bits per heavy atom. The van der Waals surface area contributed by atoms with Gasteiger partial charge in [-0.05, 0) is 51.5 Å². The van der Waals surface area contributed by atoms with Gasteiger partial charge in [0, 0.05) is 50.2 Å². The highest BCUT2D eigenvalue weighted by Crippen LogP contribution is 2.27. The lowest BCUT2D eigenvalue weighted by molar-refractivity contribution is -0.135. The van der Waals surface area contributed by atoms with Gasteiger partial charge in [-0.25, -0.2) is 4.39 Å². The summed E-state index contributed by atoms with van der Waals surface area (Å²) in [5.74, 6) is -0.820. The first kappa shape index (κ1) is 20.3. The van der Waals surface area contributed by atoms with Crippen LogP contribution >= 0.6 is 0 Å². The minimum atomic E-state index is -0.375. The highest BCUT2D eigenvalue weighted by Gasteiger charge is 2.41. The molecule has 0 N–H and O–H groups in total. The molecule has 2 aliphatic heterocycles. The van der Waals surface area contributed by atoms with Gasteiger partial charge in [-0.3, -0.25) is 14.4 Å². The van der Waals surface area contributed by atoms with E-state index in [1.807, 2.05) is 20.8 Å². The fourth-order valence-electron chi connectivity index (χ4n) is 3.90. The van der Waals surface area contributed by atoms with E-state index >= 15 is 0 Å². The van der Waals surface area contributed by atoms with Crippen molar-refractivity contribution in [3.63, 3.8) is 0 Å². The Morgan fingerprint density at radius 1 is 1.00 bits per heavy atom. The zero-order valence-corrected chi connectivity index (χ0v) is 16.8. The average Bonchev–Trinajstić information content (AvgIpc) is 2.88. The van der Waals surface area contributed by atoms with E-state index in [1.165, 1.54) is 24.3 Å². The second-order valence-corrected chi connectivity index (χ2v) is 8.55. The summed E-state index contributed by atoms with van der Waals surface area (Å²) in [5, 5.41) is 0. The number of hydrogen-bond acceptors (Lipinski definition) is 3. The summed E-state index contributed by atoms with van der Waals surface area (Å²) in [4.78, 5) is 43.1. The third-order valence-corrected chi connectivity index (χ3v) is 5.47. The molecule has 0 radical (unpaired) electrons. The summed E-state index contributed by atoms with van der Waals surface area (Å²) in [7, 11) is 0. The molecule has 1 unspecified atom stereocenters. The largest absolute Gasteiger partial charge is 0.341 e. The Morgan fingerprint density at radius 2 is 1.61 bits per heavy atom. The molecule has 1 atom stereocenters. The van der Waals surface area contributed by atoms with E-state index in [0.29, 0.717) is 44.7 Å². The van der Waals surface area contributed by atoms with Gasteiger partial charge in [0.05, 0.1) is 5.92 Å². The number of nitrogens with zero attached hydrogens (tertiary/aromatic N) is 3. The van der Waals surface area contributed by atoms with Crippen LogP contribution in [0.15, 0.2) is 24.3 Å². The molecule has 28 heavy (non-hydrogen) atoms. The number of rotatable bonds is 2. The van der Waals surface area contributed by atoms with Crippen molar-refractivity contribution in [3.05, 3.63) is 35.6 Å². The quantitative estimate of drug-likeness (QED) is 0.779. The van der Waals surface area contributed by atoms with E-state index in [9.17, 15) is 18.8 Å². The van der Waals surface area contributed by atoms with E-state index in [-0.39, 0.29) is 41.4 Å². The van der Waals surface area contributed by atoms with E-state index in [2.05, 4.69) is 0 Å². The zero-order chi connectivity index (χ0) is 20.5. The second kappa shape index (κ2) is 7.89. The molecule has 0 aromatic heterocycles. The molecular formula is C21H28FN3O3. The summed E-state index contributed by atoms with van der Waals surface area (Å²) in [6.45, 7) is 8.39. The van der Waals surface area contributed by atoms with Crippen molar-refractivity contribution in [2.24, 2.45) is 5.92 Å². The minimum absolute atomic E-state index is 0.00354. The van der Waals surface area contributed by atoms with E-state index in [0.717, 1.165) is 0 Å². The SMILES string of the molecule is CC(C)(C)N1CC(C(=O)N2CCCN(C(=O)c3ccc(F)cc3)CC2)CC1=O. The van der Waals surface area contributed by atoms with Gasteiger partial charge in [0.2, 0.25) is 11.8 Å². The highest BCUT2D eigenvalue weighted by molar-refractivity contribution is 5.94. The van der Waals surface area contributed by atoms with Gasteiger partial charge in [0.1, 0.15) is 5.82 Å². The molecule has 0 bridgehead atoms. The molecule has 0 saturated carbocycles. The molecule has 6 nitrogen and oxygen atoms in total. The van der Waals surface area contributed by atoms with Crippen LogP contribution in [0.25, 0.3) is 0 Å². The van der Waals surface area contributed by atoms with Crippen LogP contribution in [-0.4, -0.2) is 70.7 Å². The Kier molecular flexibility index (Phi) is 5.72. The molecule has 1 aromatic carbocycles. The van der Waals surface area contributed by atoms with Crippen LogP contribution in [0.2, 0.25) is 0 Å². The fraction of sp³-hybridized carbons (Fsp3) is 0.571. The third kappa shape index (κ3) is 4.34. The average molecular weight is 389 g/mol. The molecule has 7 heteroatoms. The van der Waals surface area contributed by atoms with Gasteiger partial charge >= 0.3 is 0 Å². The molecule has 2 aliphatic rings. The number of likely N-dealkylation sites (tertiary alicyclic amines) is 1. The molecule has 2 heterocycles. The van der Waals surface area contributed by atoms with Gasteiger partial charge in [0.25, 0.3) is 5.91 Å². The van der Waals surface area contributed by atoms with E-state index in [1.54, 1.807) is 14.7 Å². The second-order valence-electron chi connectivity index (χ2n) is 8.55. The molecule has 0 spiro atoms. The topological polar surface area (TPSA) is 60.9 Å². The first-order chi connectivity index (χ1) is 13.2. The maximum atomic E-state index is 13.1. The molecule has 2 fully saturated rings. The van der Waals surface area contributed by atoms with Gasteiger partial charge in [-0.2, -0.15) is 0 Å². The van der Waals surface area contributed by atoms with Crippen LogP contribution in [0.1, 0.15) is 44.0 Å². The third-order valence-electron chi connectivity index (χ3n) is 5.47. The molecule has 3 amide bonds. The summed E-state index contributed by atoms with van der Waals surface area (Å²) < 4.78 is 13.1. The van der Waals surface area contributed by atoms with Gasteiger partial charge in [-0.1, -0.05) is 0 Å². The van der Waals surface area contributed by atoms with Crippen LogP contribution in [-0.2, 0) is 9.59 Å². The molecule has 0 aliphatic carbocycles. The van der Waals surface area contributed by atoms with Crippen LogP contribution in [0.3, 0.4) is 0 Å². The fourth-order valence-corrected chi connectivity index (χ4v) is 3.90. The predicted molar refractivity (Wildman–Crippen MR) is 103 cm³/mol. The van der Waals surface area contributed by atoms with Gasteiger partial charge < -0.3 is 14.7 Å². The molecule has 1 aromatic rings. The maximum absolute atomic E-state index is 13.1. The Labute approximate surface area is 165 Å². The van der Waals surface area contributed by atoms with E-state index < -0.39 is 0 Å². The summed E-state index contributed by atoms with van der Waals surface area (Å²) in [6, 6.07) is 5.52. The van der Waals surface area contributed by atoms with Crippen LogP contribution in [0.4, 0.5) is 4.39 Å². The molecule has 2 saturated heterocycles. The van der Waals surface area contributed by atoms with Crippen molar-refractivity contribution in [3.8, 4) is 0 Å². The van der Waals surface area contributed by atoms with Gasteiger partial charge in [-0.15, -0.1) is 0 Å². The number of halogens is 1. The van der Waals surface area contributed by atoms with Gasteiger partial charge in [0.15, 0.2) is 0 Å². The lowest BCUT2D eigenvalue weighted by atomic mass is 10.1. The maximum Gasteiger partial charge on any atom is 0.253 e. The standard InChI is InChI=1S/C21H28FN3O3/c1-21(2,3)25-14-16(13-18(25)26)20(28)24-10-4-9-23(11-12-24)19(27)15-5-7-17(22)8-6-15/h5-8,16H,4,9-14H2,1-3H3. The van der Waals surface area contributed by atoms with Crippen molar-refractivity contribution >= 4 is 17.7 Å². The highest BCUT2D eigenvalue weighted by atomic mass is 19.1. The molecule has 3 rings (SSSR count). The summed E-state index contributed by atoms with van der Waals surface area (Å²) in [5.41, 5.74) is 0.159. The Hall–Kier alpha value is -2.44. The number of benzene rings is 1. The lowest BCUT2D eigenvalue weighted by Gasteiger charge is -2.32. The summed E-state index contributed by atoms with van der Waals surface area (Å²) in [6.07, 6.45) is 0.938. The van der Waals surface area contributed by atoms with Crippen LogP contribution < -0.4 is 0 Å². The van der Waals surface area contributed by atoms with Crippen molar-refractivity contribution in [2.75, 3.05) is 32.7 Å². The smallest absolute Gasteiger partial charge is 0.253 e. The summed E-state index contributed by atoms with van der Waals surface area (Å²) >= 11 is 0. The molecule has 152 valence electrons. The Balaban J connectivity index is 1.60. The van der Waals surface area contributed by atoms with Crippen molar-refractivity contribution in [1.82, 2.24) is 14.7 Å². The monoisotopic (exact) mass is 389 g/mol.